The lowest BCUT2D eigenvalue weighted by atomic mass is 10.0. The first-order valence-electron chi connectivity index (χ1n) is 12.9. The van der Waals surface area contributed by atoms with Crippen molar-refractivity contribution in [2.75, 3.05) is 13.1 Å². The molecule has 0 radical (unpaired) electrons. The fraction of sp³-hybridized carbons (Fsp3) is 1.00. The zero-order chi connectivity index (χ0) is 21.5. The Bertz CT molecular complexity index is 305. The standard InChI is InChI=1S/C25H53NO3/c1-2-3-4-5-6-7-8-9-10-11-12-13-14-15-16-17-18-19-20-21-23-26-24-22-25(27,28)29/h26-29H,2-24H2,1H3. The second kappa shape index (κ2) is 22.5. The smallest absolute Gasteiger partial charge is 0.276 e. The first-order chi connectivity index (χ1) is 14.1. The summed E-state index contributed by atoms with van der Waals surface area (Å²) in [6.45, 7) is 3.60. The maximum atomic E-state index is 8.76. The van der Waals surface area contributed by atoms with Gasteiger partial charge in [-0.2, -0.15) is 0 Å². The molecule has 0 fully saturated rings. The van der Waals surface area contributed by atoms with Crippen LogP contribution in [0.15, 0.2) is 0 Å². The van der Waals surface area contributed by atoms with E-state index in [1.165, 1.54) is 122 Å². The molecule has 0 aromatic carbocycles. The fourth-order valence-corrected chi connectivity index (χ4v) is 3.89. The average Bonchev–Trinajstić information content (AvgIpc) is 2.67. The molecule has 0 atom stereocenters. The topological polar surface area (TPSA) is 72.7 Å². The largest absolute Gasteiger partial charge is 0.344 e. The average molecular weight is 416 g/mol. The third-order valence-corrected chi connectivity index (χ3v) is 5.84. The molecule has 0 unspecified atom stereocenters. The van der Waals surface area contributed by atoms with Crippen LogP contribution in [0.2, 0.25) is 0 Å². The summed E-state index contributed by atoms with van der Waals surface area (Å²) < 4.78 is 0. The Morgan fingerprint density at radius 2 is 0.759 bits per heavy atom. The Balaban J connectivity index is 3.02. The molecular formula is C25H53NO3. The zero-order valence-electron chi connectivity index (χ0n) is 19.6. The van der Waals surface area contributed by atoms with Crippen molar-refractivity contribution < 1.29 is 15.3 Å². The number of nitrogens with one attached hydrogen (secondary N) is 1. The van der Waals surface area contributed by atoms with Gasteiger partial charge >= 0.3 is 0 Å². The summed E-state index contributed by atoms with van der Waals surface area (Å²) in [5.41, 5.74) is 0. The molecule has 0 aliphatic rings. The van der Waals surface area contributed by atoms with Gasteiger partial charge in [-0.3, -0.25) is 0 Å². The van der Waals surface area contributed by atoms with Crippen LogP contribution in [-0.2, 0) is 0 Å². The monoisotopic (exact) mass is 415 g/mol. The molecular weight excluding hydrogens is 362 g/mol. The summed E-state index contributed by atoms with van der Waals surface area (Å²) in [6, 6.07) is 0. The molecule has 0 aliphatic heterocycles. The highest BCUT2D eigenvalue weighted by Crippen LogP contribution is 2.14. The maximum Gasteiger partial charge on any atom is 0.276 e. The highest BCUT2D eigenvalue weighted by Gasteiger charge is 2.16. The van der Waals surface area contributed by atoms with Crippen LogP contribution in [0.1, 0.15) is 142 Å². The van der Waals surface area contributed by atoms with E-state index in [4.69, 9.17) is 15.3 Å². The van der Waals surface area contributed by atoms with E-state index in [2.05, 4.69) is 12.2 Å². The maximum absolute atomic E-state index is 8.76. The molecule has 4 N–H and O–H groups in total. The molecule has 0 bridgehead atoms. The van der Waals surface area contributed by atoms with Gasteiger partial charge in [0.2, 0.25) is 0 Å². The van der Waals surface area contributed by atoms with Crippen LogP contribution < -0.4 is 5.32 Å². The quantitative estimate of drug-likeness (QED) is 0.108. The van der Waals surface area contributed by atoms with Gasteiger partial charge in [0.15, 0.2) is 0 Å². The molecule has 0 saturated carbocycles. The van der Waals surface area contributed by atoms with Crippen molar-refractivity contribution in [3.05, 3.63) is 0 Å². The molecule has 0 aromatic rings. The van der Waals surface area contributed by atoms with Crippen LogP contribution in [0.4, 0.5) is 0 Å². The summed E-state index contributed by atoms with van der Waals surface area (Å²) in [4.78, 5) is 0. The van der Waals surface area contributed by atoms with Crippen molar-refractivity contribution in [2.24, 2.45) is 0 Å². The minimum Gasteiger partial charge on any atom is -0.344 e. The van der Waals surface area contributed by atoms with E-state index in [0.717, 1.165) is 13.0 Å². The first kappa shape index (κ1) is 28.8. The molecule has 0 spiro atoms. The van der Waals surface area contributed by atoms with Gasteiger partial charge in [0.05, 0.1) is 0 Å². The van der Waals surface area contributed by atoms with Crippen LogP contribution in [0.25, 0.3) is 0 Å². The van der Waals surface area contributed by atoms with Gasteiger partial charge in [-0.05, 0) is 13.0 Å². The van der Waals surface area contributed by atoms with E-state index >= 15 is 0 Å². The van der Waals surface area contributed by atoms with Crippen molar-refractivity contribution in [3.63, 3.8) is 0 Å². The molecule has 4 nitrogen and oxygen atoms in total. The summed E-state index contributed by atoms with van der Waals surface area (Å²) in [7, 11) is 0. The van der Waals surface area contributed by atoms with E-state index in [1.54, 1.807) is 0 Å². The van der Waals surface area contributed by atoms with Crippen LogP contribution >= 0.6 is 0 Å². The molecule has 0 rings (SSSR count). The molecule has 4 heteroatoms. The number of aliphatic hydroxyl groups is 3. The molecule has 0 heterocycles. The van der Waals surface area contributed by atoms with Crippen molar-refractivity contribution in [3.8, 4) is 0 Å². The van der Waals surface area contributed by atoms with Gasteiger partial charge in [-0.15, -0.1) is 0 Å². The Kier molecular flexibility index (Phi) is 22.4. The highest BCUT2D eigenvalue weighted by atomic mass is 16.7. The van der Waals surface area contributed by atoms with Gasteiger partial charge in [-0.1, -0.05) is 129 Å². The van der Waals surface area contributed by atoms with Crippen LogP contribution in [0, 0.1) is 0 Å². The van der Waals surface area contributed by atoms with Gasteiger partial charge in [-0.25, -0.2) is 0 Å². The van der Waals surface area contributed by atoms with E-state index in [1.807, 2.05) is 0 Å². The summed E-state index contributed by atoms with van der Waals surface area (Å²) in [6.07, 6.45) is 27.8. The van der Waals surface area contributed by atoms with Crippen LogP contribution in [0.3, 0.4) is 0 Å². The third kappa shape index (κ3) is 27.8. The third-order valence-electron chi connectivity index (χ3n) is 5.84. The second-order valence-corrected chi connectivity index (χ2v) is 8.99. The van der Waals surface area contributed by atoms with Gasteiger partial charge in [0.25, 0.3) is 5.97 Å². The SMILES string of the molecule is CCCCCCCCCCCCCCCCCCCCCCNCCC(O)(O)O. The van der Waals surface area contributed by atoms with Gasteiger partial charge in [0, 0.05) is 13.0 Å². The lowest BCUT2D eigenvalue weighted by Crippen LogP contribution is -2.32. The normalized spacial score (nSPS) is 12.0. The summed E-state index contributed by atoms with van der Waals surface area (Å²) in [5, 5.41) is 29.4. The minimum absolute atomic E-state index is 0.0494. The van der Waals surface area contributed by atoms with Crippen LogP contribution in [-0.4, -0.2) is 34.4 Å². The molecule has 0 amide bonds. The second-order valence-electron chi connectivity index (χ2n) is 8.99. The number of hydrogen-bond acceptors (Lipinski definition) is 4. The predicted molar refractivity (Wildman–Crippen MR) is 125 cm³/mol. The molecule has 29 heavy (non-hydrogen) atoms. The van der Waals surface area contributed by atoms with E-state index in [0.29, 0.717) is 6.54 Å². The number of unbranched alkanes of at least 4 members (excludes halogenated alkanes) is 19. The van der Waals surface area contributed by atoms with E-state index in [9.17, 15) is 0 Å². The van der Waals surface area contributed by atoms with Gasteiger partial charge in [0.1, 0.15) is 0 Å². The zero-order valence-corrected chi connectivity index (χ0v) is 19.6. The Morgan fingerprint density at radius 3 is 1.07 bits per heavy atom. The lowest BCUT2D eigenvalue weighted by molar-refractivity contribution is -0.313. The Hall–Kier alpha value is -0.160. The summed E-state index contributed by atoms with van der Waals surface area (Å²) in [5.74, 6) is -2.53. The predicted octanol–water partition coefficient (Wildman–Crippen LogP) is 6.42. The highest BCUT2D eigenvalue weighted by molar-refractivity contribution is 4.54. The van der Waals surface area contributed by atoms with Crippen LogP contribution in [0.5, 0.6) is 0 Å². The fourth-order valence-electron chi connectivity index (χ4n) is 3.89. The van der Waals surface area contributed by atoms with Crippen molar-refractivity contribution in [2.45, 2.75) is 148 Å². The molecule has 0 aromatic heterocycles. The Labute approximate surface area is 181 Å². The Morgan fingerprint density at radius 1 is 0.448 bits per heavy atom. The first-order valence-corrected chi connectivity index (χ1v) is 12.9. The van der Waals surface area contributed by atoms with Crippen molar-refractivity contribution in [1.29, 1.82) is 0 Å². The lowest BCUT2D eigenvalue weighted by Gasteiger charge is -2.13. The van der Waals surface area contributed by atoms with Gasteiger partial charge < -0.3 is 20.6 Å². The van der Waals surface area contributed by atoms with E-state index < -0.39 is 5.97 Å². The number of rotatable bonds is 24. The van der Waals surface area contributed by atoms with Crippen molar-refractivity contribution >= 4 is 0 Å². The molecule has 0 saturated heterocycles. The van der Waals surface area contributed by atoms with Crippen molar-refractivity contribution in [1.82, 2.24) is 5.32 Å². The molecule has 0 aliphatic carbocycles. The molecule has 176 valence electrons. The summed E-state index contributed by atoms with van der Waals surface area (Å²) >= 11 is 0. The van der Waals surface area contributed by atoms with E-state index in [-0.39, 0.29) is 6.42 Å². The number of hydrogen-bond donors (Lipinski definition) is 4. The minimum atomic E-state index is -2.53.